The number of hydrogen-bond donors (Lipinski definition) is 1. The largest absolute Gasteiger partial charge is 0.481 e. The lowest BCUT2D eigenvalue weighted by molar-refractivity contribution is -0.152. The van der Waals surface area contributed by atoms with Gasteiger partial charge in [-0.15, -0.1) is 0 Å². The molecule has 14 heavy (non-hydrogen) atoms. The van der Waals surface area contributed by atoms with Gasteiger partial charge in [0.15, 0.2) is 0 Å². The zero-order valence-corrected chi connectivity index (χ0v) is 9.55. The summed E-state index contributed by atoms with van der Waals surface area (Å²) in [5.74, 6) is 0.350. The predicted molar refractivity (Wildman–Crippen MR) is 57.2 cm³/mol. The molecule has 2 nitrogen and oxygen atoms in total. The number of hydrogen-bond acceptors (Lipinski definition) is 1. The van der Waals surface area contributed by atoms with Crippen LogP contribution in [0.3, 0.4) is 0 Å². The Balaban J connectivity index is 2.77. The molecule has 0 amide bonds. The van der Waals surface area contributed by atoms with Crippen LogP contribution in [0.2, 0.25) is 0 Å². The van der Waals surface area contributed by atoms with Gasteiger partial charge in [0, 0.05) is 0 Å². The van der Waals surface area contributed by atoms with Crippen molar-refractivity contribution in [2.75, 3.05) is 0 Å². The van der Waals surface area contributed by atoms with Crippen molar-refractivity contribution >= 4 is 5.97 Å². The van der Waals surface area contributed by atoms with Crippen molar-refractivity contribution in [2.45, 2.75) is 52.9 Å². The molecule has 1 rings (SSSR count). The summed E-state index contributed by atoms with van der Waals surface area (Å²) in [6.45, 7) is 6.41. The van der Waals surface area contributed by atoms with Crippen molar-refractivity contribution < 1.29 is 9.90 Å². The second-order valence-electron chi connectivity index (χ2n) is 5.00. The molecule has 0 aromatic carbocycles. The molecule has 0 bridgehead atoms. The third-order valence-corrected chi connectivity index (χ3v) is 3.89. The molecule has 3 atom stereocenters. The molecule has 1 N–H and O–H groups in total. The van der Waals surface area contributed by atoms with Crippen molar-refractivity contribution in [1.82, 2.24) is 0 Å². The van der Waals surface area contributed by atoms with E-state index < -0.39 is 11.4 Å². The topological polar surface area (TPSA) is 37.3 Å². The molecule has 2 heteroatoms. The minimum absolute atomic E-state index is 0.329. The summed E-state index contributed by atoms with van der Waals surface area (Å²) < 4.78 is 0. The van der Waals surface area contributed by atoms with Gasteiger partial charge >= 0.3 is 5.97 Å². The van der Waals surface area contributed by atoms with Gasteiger partial charge in [-0.2, -0.15) is 0 Å². The Bertz CT molecular complexity index is 212. The minimum atomic E-state index is -0.567. The van der Waals surface area contributed by atoms with Gasteiger partial charge in [-0.3, -0.25) is 4.79 Å². The quantitative estimate of drug-likeness (QED) is 0.752. The Morgan fingerprint density at radius 2 is 2.29 bits per heavy atom. The smallest absolute Gasteiger partial charge is 0.309 e. The molecule has 0 aliphatic heterocycles. The zero-order valence-electron chi connectivity index (χ0n) is 9.55. The van der Waals surface area contributed by atoms with Crippen LogP contribution in [0.1, 0.15) is 52.9 Å². The third-order valence-electron chi connectivity index (χ3n) is 3.89. The number of carboxylic acid groups (broad SMARTS) is 1. The van der Waals surface area contributed by atoms with E-state index in [2.05, 4.69) is 20.8 Å². The van der Waals surface area contributed by atoms with Crippen LogP contribution in [-0.2, 0) is 4.79 Å². The van der Waals surface area contributed by atoms with Crippen LogP contribution < -0.4 is 0 Å². The van der Waals surface area contributed by atoms with Gasteiger partial charge in [0.2, 0.25) is 0 Å². The van der Waals surface area contributed by atoms with E-state index in [0.29, 0.717) is 11.8 Å². The molecule has 0 heterocycles. The summed E-state index contributed by atoms with van der Waals surface area (Å²) in [6, 6.07) is 0. The molecule has 0 aromatic rings. The lowest BCUT2D eigenvalue weighted by Gasteiger charge is -2.31. The van der Waals surface area contributed by atoms with Crippen LogP contribution in [0.4, 0.5) is 0 Å². The van der Waals surface area contributed by atoms with Crippen molar-refractivity contribution in [3.63, 3.8) is 0 Å². The van der Waals surface area contributed by atoms with Gasteiger partial charge in [-0.1, -0.05) is 27.2 Å². The molecule has 1 fully saturated rings. The molecule has 0 spiro atoms. The number of rotatable bonds is 4. The highest BCUT2D eigenvalue weighted by Gasteiger charge is 2.47. The first-order valence-electron chi connectivity index (χ1n) is 5.76. The van der Waals surface area contributed by atoms with Gasteiger partial charge in [-0.05, 0) is 37.5 Å². The third kappa shape index (κ3) is 1.94. The van der Waals surface area contributed by atoms with Crippen molar-refractivity contribution in [2.24, 2.45) is 17.3 Å². The Morgan fingerprint density at radius 1 is 1.64 bits per heavy atom. The first-order valence-corrected chi connectivity index (χ1v) is 5.76. The van der Waals surface area contributed by atoms with E-state index in [1.54, 1.807) is 0 Å². The highest BCUT2D eigenvalue weighted by Crippen LogP contribution is 2.48. The van der Waals surface area contributed by atoms with Crippen molar-refractivity contribution in [1.29, 1.82) is 0 Å². The number of carbonyl (C=O) groups is 1. The Hall–Kier alpha value is -0.530. The van der Waals surface area contributed by atoms with E-state index >= 15 is 0 Å². The molecule has 3 unspecified atom stereocenters. The molecule has 0 aromatic heterocycles. The summed E-state index contributed by atoms with van der Waals surface area (Å²) in [5, 5.41) is 9.38. The van der Waals surface area contributed by atoms with Gasteiger partial charge in [-0.25, -0.2) is 0 Å². The zero-order chi connectivity index (χ0) is 10.8. The lowest BCUT2D eigenvalue weighted by Crippen LogP contribution is -2.35. The average molecular weight is 198 g/mol. The van der Waals surface area contributed by atoms with Crippen LogP contribution in [0.5, 0.6) is 0 Å². The summed E-state index contributed by atoms with van der Waals surface area (Å²) in [7, 11) is 0. The first-order chi connectivity index (χ1) is 6.53. The molecule has 82 valence electrons. The highest BCUT2D eigenvalue weighted by atomic mass is 16.4. The van der Waals surface area contributed by atoms with Gasteiger partial charge in [0.25, 0.3) is 0 Å². The van der Waals surface area contributed by atoms with E-state index in [0.717, 1.165) is 32.1 Å². The van der Waals surface area contributed by atoms with E-state index in [9.17, 15) is 9.90 Å². The van der Waals surface area contributed by atoms with Crippen LogP contribution in [0.15, 0.2) is 0 Å². The molecular weight excluding hydrogens is 176 g/mol. The molecule has 1 saturated carbocycles. The maximum absolute atomic E-state index is 11.4. The molecular formula is C12H22O2. The van der Waals surface area contributed by atoms with Gasteiger partial charge < -0.3 is 5.11 Å². The molecule has 0 radical (unpaired) electrons. The van der Waals surface area contributed by atoms with Crippen LogP contribution in [0, 0.1) is 17.3 Å². The standard InChI is InChI=1S/C12H22O2/c1-4-5-10(3)12(11(13)14)7-6-9(2)8-12/h9-10H,4-8H2,1-3H3,(H,13,14). The van der Waals surface area contributed by atoms with E-state index in [1.165, 1.54) is 0 Å². The average Bonchev–Trinajstić information content (AvgIpc) is 2.49. The highest BCUT2D eigenvalue weighted by molar-refractivity contribution is 5.75. The van der Waals surface area contributed by atoms with E-state index in [-0.39, 0.29) is 0 Å². The number of aliphatic carboxylic acids is 1. The van der Waals surface area contributed by atoms with Crippen LogP contribution in [0.25, 0.3) is 0 Å². The molecule has 0 saturated heterocycles. The summed E-state index contributed by atoms with van der Waals surface area (Å²) in [4.78, 5) is 11.4. The van der Waals surface area contributed by atoms with E-state index in [4.69, 9.17) is 0 Å². The maximum Gasteiger partial charge on any atom is 0.309 e. The SMILES string of the molecule is CCCC(C)C1(C(=O)O)CCC(C)C1. The van der Waals surface area contributed by atoms with Crippen LogP contribution >= 0.6 is 0 Å². The monoisotopic (exact) mass is 198 g/mol. The Kier molecular flexibility index (Phi) is 3.57. The molecule has 1 aliphatic rings. The summed E-state index contributed by atoms with van der Waals surface area (Å²) >= 11 is 0. The summed E-state index contributed by atoms with van der Waals surface area (Å²) in [5.41, 5.74) is -0.407. The van der Waals surface area contributed by atoms with Crippen LogP contribution in [-0.4, -0.2) is 11.1 Å². The molecule has 1 aliphatic carbocycles. The van der Waals surface area contributed by atoms with Crippen molar-refractivity contribution in [3.8, 4) is 0 Å². The van der Waals surface area contributed by atoms with Gasteiger partial charge in [0.05, 0.1) is 5.41 Å². The minimum Gasteiger partial charge on any atom is -0.481 e. The second-order valence-corrected chi connectivity index (χ2v) is 5.00. The number of carboxylic acids is 1. The Labute approximate surface area is 86.7 Å². The fourth-order valence-electron chi connectivity index (χ4n) is 2.89. The predicted octanol–water partition coefficient (Wildman–Crippen LogP) is 3.31. The normalized spacial score (nSPS) is 34.4. The fraction of sp³-hybridized carbons (Fsp3) is 0.917. The van der Waals surface area contributed by atoms with E-state index in [1.807, 2.05) is 0 Å². The maximum atomic E-state index is 11.4. The second kappa shape index (κ2) is 4.33. The van der Waals surface area contributed by atoms with Gasteiger partial charge in [0.1, 0.15) is 0 Å². The first kappa shape index (κ1) is 11.5. The Morgan fingerprint density at radius 3 is 2.64 bits per heavy atom. The fourth-order valence-corrected chi connectivity index (χ4v) is 2.89. The lowest BCUT2D eigenvalue weighted by atomic mass is 9.72. The summed E-state index contributed by atoms with van der Waals surface area (Å²) in [6.07, 6.45) is 4.97. The van der Waals surface area contributed by atoms with Crippen molar-refractivity contribution in [3.05, 3.63) is 0 Å².